The second-order valence-corrected chi connectivity index (χ2v) is 9.94. The highest BCUT2D eigenvalue weighted by Crippen LogP contribution is 2.56. The first-order valence-electron chi connectivity index (χ1n) is 12.4. The lowest BCUT2D eigenvalue weighted by Gasteiger charge is -2.39. The molecule has 0 radical (unpaired) electrons. The van der Waals surface area contributed by atoms with Crippen LogP contribution in [0.2, 0.25) is 0 Å². The number of phenols is 1. The third-order valence-electron chi connectivity index (χ3n) is 8.12. The minimum Gasteiger partial charge on any atom is -0.502 e. The van der Waals surface area contributed by atoms with Crippen molar-refractivity contribution in [1.82, 2.24) is 4.90 Å². The maximum Gasteiger partial charge on any atom is 0.310 e. The van der Waals surface area contributed by atoms with Crippen molar-refractivity contribution in [3.05, 3.63) is 41.0 Å². The van der Waals surface area contributed by atoms with Crippen LogP contribution in [0.1, 0.15) is 41.6 Å². The van der Waals surface area contributed by atoms with Gasteiger partial charge < -0.3 is 38.4 Å². The molecule has 4 aliphatic rings. The van der Waals surface area contributed by atoms with Crippen LogP contribution in [0.3, 0.4) is 0 Å². The van der Waals surface area contributed by atoms with E-state index in [0.29, 0.717) is 24.1 Å². The van der Waals surface area contributed by atoms with Crippen molar-refractivity contribution < 1.29 is 38.3 Å². The molecule has 192 valence electrons. The standard InChI is InChI=1S/C27H31NO8/c1-28-6-4-5-15(28)11-33-26-17-10-20-19(35-13-36-20)9-16(17)23(24-18(26)12-34-27(24)30)14-7-21(31-2)25(29)22(8-14)32-3/h7-10,15,18,23-24,26,29H,4-6,11-13H2,1-3H3/t15-,18?,23-,24+,26-/m1/s1. The van der Waals surface area contributed by atoms with Crippen molar-refractivity contribution in [1.29, 1.82) is 0 Å². The third kappa shape index (κ3) is 3.64. The Labute approximate surface area is 209 Å². The molecule has 0 amide bonds. The number of likely N-dealkylation sites (tertiary alicyclic amines) is 1. The van der Waals surface area contributed by atoms with Gasteiger partial charge in [-0.2, -0.15) is 0 Å². The number of aromatic hydroxyl groups is 1. The van der Waals surface area contributed by atoms with Crippen LogP contribution in [0.15, 0.2) is 24.3 Å². The van der Waals surface area contributed by atoms with Crippen molar-refractivity contribution in [3.8, 4) is 28.7 Å². The largest absolute Gasteiger partial charge is 0.502 e. The summed E-state index contributed by atoms with van der Waals surface area (Å²) in [6.07, 6.45) is 1.93. The number of carbonyl (C=O) groups is 1. The van der Waals surface area contributed by atoms with Gasteiger partial charge in [0.1, 0.15) is 0 Å². The molecule has 2 fully saturated rings. The summed E-state index contributed by atoms with van der Waals surface area (Å²) in [4.78, 5) is 15.5. The summed E-state index contributed by atoms with van der Waals surface area (Å²) in [5.41, 5.74) is 2.67. The zero-order chi connectivity index (χ0) is 25.0. The van der Waals surface area contributed by atoms with Crippen LogP contribution >= 0.6 is 0 Å². The van der Waals surface area contributed by atoms with E-state index in [1.807, 2.05) is 12.1 Å². The molecule has 5 atom stereocenters. The van der Waals surface area contributed by atoms with Crippen molar-refractivity contribution >= 4 is 5.97 Å². The molecular weight excluding hydrogens is 466 g/mol. The van der Waals surface area contributed by atoms with Gasteiger partial charge in [-0.15, -0.1) is 0 Å². The third-order valence-corrected chi connectivity index (χ3v) is 8.12. The second kappa shape index (κ2) is 9.05. The van der Waals surface area contributed by atoms with E-state index in [0.717, 1.165) is 36.1 Å². The highest BCUT2D eigenvalue weighted by molar-refractivity contribution is 5.79. The molecule has 1 N–H and O–H groups in total. The first-order valence-corrected chi connectivity index (χ1v) is 12.4. The molecule has 2 aromatic carbocycles. The van der Waals surface area contributed by atoms with Gasteiger partial charge in [-0.1, -0.05) is 0 Å². The smallest absolute Gasteiger partial charge is 0.310 e. The molecule has 3 aliphatic heterocycles. The lowest BCUT2D eigenvalue weighted by Crippen LogP contribution is -2.38. The van der Waals surface area contributed by atoms with Crippen LogP contribution in [0.5, 0.6) is 28.7 Å². The summed E-state index contributed by atoms with van der Waals surface area (Å²) in [5.74, 6) is 0.500. The number of fused-ring (bicyclic) bond motifs is 3. The fraction of sp³-hybridized carbons (Fsp3) is 0.519. The Morgan fingerprint density at radius 3 is 2.36 bits per heavy atom. The van der Waals surface area contributed by atoms with Gasteiger partial charge in [0.2, 0.25) is 12.5 Å². The number of likely N-dealkylation sites (N-methyl/N-ethyl adjacent to an activating group) is 1. The summed E-state index contributed by atoms with van der Waals surface area (Å²) in [7, 11) is 5.10. The normalized spacial score (nSPS) is 28.5. The van der Waals surface area contributed by atoms with E-state index in [1.54, 1.807) is 12.1 Å². The van der Waals surface area contributed by atoms with E-state index >= 15 is 0 Å². The zero-order valence-corrected chi connectivity index (χ0v) is 20.7. The number of esters is 1. The van der Waals surface area contributed by atoms with Gasteiger partial charge in [0, 0.05) is 17.9 Å². The van der Waals surface area contributed by atoms with Gasteiger partial charge in [0.25, 0.3) is 0 Å². The summed E-state index contributed by atoms with van der Waals surface area (Å²) < 4.78 is 34.5. The van der Waals surface area contributed by atoms with Crippen LogP contribution in [-0.2, 0) is 14.3 Å². The average molecular weight is 498 g/mol. The number of rotatable bonds is 6. The molecule has 1 aliphatic carbocycles. The molecule has 1 unspecified atom stereocenters. The van der Waals surface area contributed by atoms with Crippen LogP contribution in [0, 0.1) is 11.8 Å². The first kappa shape index (κ1) is 23.2. The Kier molecular flexibility index (Phi) is 5.84. The number of phenolic OH excluding ortho intramolecular Hbond substituents is 1. The lowest BCUT2D eigenvalue weighted by atomic mass is 9.66. The van der Waals surface area contributed by atoms with E-state index < -0.39 is 5.92 Å². The second-order valence-electron chi connectivity index (χ2n) is 9.94. The molecule has 2 aromatic rings. The highest BCUT2D eigenvalue weighted by atomic mass is 16.7. The number of nitrogens with zero attached hydrogens (tertiary/aromatic N) is 1. The van der Waals surface area contributed by atoms with Gasteiger partial charge in [0.05, 0.1) is 39.5 Å². The fourth-order valence-corrected chi connectivity index (χ4v) is 6.22. The summed E-state index contributed by atoms with van der Waals surface area (Å²) in [6, 6.07) is 7.81. The average Bonchev–Trinajstić information content (AvgIpc) is 3.61. The Hall–Kier alpha value is -3.17. The maximum absolute atomic E-state index is 13.2. The van der Waals surface area contributed by atoms with E-state index in [2.05, 4.69) is 11.9 Å². The van der Waals surface area contributed by atoms with Crippen molar-refractivity contribution in [2.24, 2.45) is 11.8 Å². The number of cyclic esters (lactones) is 1. The molecule has 6 rings (SSSR count). The predicted octanol–water partition coefficient (Wildman–Crippen LogP) is 3.22. The van der Waals surface area contributed by atoms with Gasteiger partial charge >= 0.3 is 5.97 Å². The first-order chi connectivity index (χ1) is 17.5. The van der Waals surface area contributed by atoms with Crippen LogP contribution in [0.4, 0.5) is 0 Å². The van der Waals surface area contributed by atoms with Gasteiger partial charge in [0.15, 0.2) is 23.0 Å². The molecule has 0 spiro atoms. The van der Waals surface area contributed by atoms with E-state index in [4.69, 9.17) is 28.4 Å². The SMILES string of the molecule is COc1cc([C@@H]2c3cc4c(cc3[C@@H](OC[C@H]3CCCN3C)C3COC(=O)[C@@H]32)OCO4)cc(OC)c1O. The number of carbonyl (C=O) groups excluding carboxylic acids is 1. The highest BCUT2D eigenvalue weighted by Gasteiger charge is 2.53. The molecule has 36 heavy (non-hydrogen) atoms. The predicted molar refractivity (Wildman–Crippen MR) is 128 cm³/mol. The number of ether oxygens (including phenoxy) is 6. The van der Waals surface area contributed by atoms with Gasteiger partial charge in [-0.25, -0.2) is 0 Å². The Bertz CT molecular complexity index is 1160. The van der Waals surface area contributed by atoms with E-state index in [-0.39, 0.29) is 54.6 Å². The topological polar surface area (TPSA) is 95.9 Å². The molecule has 0 saturated carbocycles. The Morgan fingerprint density at radius 1 is 1.03 bits per heavy atom. The monoisotopic (exact) mass is 497 g/mol. The number of benzene rings is 2. The van der Waals surface area contributed by atoms with E-state index in [9.17, 15) is 9.90 Å². The minimum atomic E-state index is -0.469. The van der Waals surface area contributed by atoms with E-state index in [1.165, 1.54) is 14.2 Å². The van der Waals surface area contributed by atoms with Gasteiger partial charge in [-0.3, -0.25) is 4.79 Å². The molecule has 0 aromatic heterocycles. The molecule has 0 bridgehead atoms. The number of hydrogen-bond donors (Lipinski definition) is 1. The molecule has 2 saturated heterocycles. The Morgan fingerprint density at radius 2 is 1.72 bits per heavy atom. The van der Waals surface area contributed by atoms with Crippen molar-refractivity contribution in [3.63, 3.8) is 0 Å². The molecular formula is C27H31NO8. The van der Waals surface area contributed by atoms with Crippen LogP contribution < -0.4 is 18.9 Å². The quantitative estimate of drug-likeness (QED) is 0.604. The lowest BCUT2D eigenvalue weighted by molar-refractivity contribution is -0.141. The summed E-state index contributed by atoms with van der Waals surface area (Å²) >= 11 is 0. The van der Waals surface area contributed by atoms with Crippen molar-refractivity contribution in [2.75, 3.05) is 47.8 Å². The summed E-state index contributed by atoms with van der Waals surface area (Å²) in [5, 5.41) is 10.5. The number of hydrogen-bond acceptors (Lipinski definition) is 9. The van der Waals surface area contributed by atoms with Crippen molar-refractivity contribution in [2.45, 2.75) is 30.9 Å². The molecule has 3 heterocycles. The van der Waals surface area contributed by atoms with Crippen LogP contribution in [0.25, 0.3) is 0 Å². The maximum atomic E-state index is 13.2. The number of methoxy groups -OCH3 is 2. The fourth-order valence-electron chi connectivity index (χ4n) is 6.22. The molecule has 9 nitrogen and oxygen atoms in total. The minimum absolute atomic E-state index is 0.0853. The molecule has 9 heteroatoms. The summed E-state index contributed by atoms with van der Waals surface area (Å²) in [6.45, 7) is 2.08. The Balaban J connectivity index is 1.48. The van der Waals surface area contributed by atoms with Gasteiger partial charge in [-0.05, 0) is 67.4 Å². The van der Waals surface area contributed by atoms with Crippen LogP contribution in [-0.4, -0.2) is 69.8 Å². The zero-order valence-electron chi connectivity index (χ0n) is 20.7.